The Kier molecular flexibility index (Phi) is 2.42. The van der Waals surface area contributed by atoms with E-state index in [4.69, 9.17) is 0 Å². The molecule has 0 amide bonds. The minimum atomic E-state index is -0.0599. The quantitative estimate of drug-likeness (QED) is 0.641. The summed E-state index contributed by atoms with van der Waals surface area (Å²) in [5.41, 5.74) is 0.429. The zero-order valence-electron chi connectivity index (χ0n) is 9.36. The summed E-state index contributed by atoms with van der Waals surface area (Å²) in [6, 6.07) is 0. The van der Waals surface area contributed by atoms with E-state index in [1.807, 2.05) is 0 Å². The van der Waals surface area contributed by atoms with E-state index in [0.717, 1.165) is 32.4 Å². The molecule has 0 bridgehead atoms. The van der Waals surface area contributed by atoms with Gasteiger partial charge in [0.15, 0.2) is 0 Å². The van der Waals surface area contributed by atoms with Crippen molar-refractivity contribution in [3.63, 3.8) is 0 Å². The molecular formula is C12H21NO. The van der Waals surface area contributed by atoms with Crippen LogP contribution in [0.5, 0.6) is 0 Å². The van der Waals surface area contributed by atoms with Gasteiger partial charge >= 0.3 is 0 Å². The lowest BCUT2D eigenvalue weighted by Crippen LogP contribution is -2.45. The van der Waals surface area contributed by atoms with Crippen LogP contribution in [0.15, 0.2) is 0 Å². The zero-order valence-corrected chi connectivity index (χ0v) is 9.36. The summed E-state index contributed by atoms with van der Waals surface area (Å²) in [7, 11) is 0. The van der Waals surface area contributed by atoms with E-state index in [9.17, 15) is 4.79 Å². The van der Waals surface area contributed by atoms with Crippen LogP contribution in [0.25, 0.3) is 0 Å². The molecule has 1 aliphatic heterocycles. The lowest BCUT2D eigenvalue weighted by molar-refractivity contribution is -0.134. The number of carbonyl (C=O) groups excluding carboxylic acids is 1. The predicted octanol–water partition coefficient (Wildman–Crippen LogP) is 2.14. The van der Waals surface area contributed by atoms with E-state index < -0.39 is 0 Å². The third kappa shape index (κ3) is 1.72. The van der Waals surface area contributed by atoms with Crippen molar-refractivity contribution in [1.29, 1.82) is 0 Å². The van der Waals surface area contributed by atoms with Crippen LogP contribution in [0.3, 0.4) is 0 Å². The summed E-state index contributed by atoms with van der Waals surface area (Å²) < 4.78 is 0. The molecule has 2 fully saturated rings. The topological polar surface area (TPSA) is 29.1 Å². The van der Waals surface area contributed by atoms with Crippen LogP contribution in [0.4, 0.5) is 0 Å². The van der Waals surface area contributed by atoms with Crippen molar-refractivity contribution >= 4 is 5.78 Å². The first-order valence-corrected chi connectivity index (χ1v) is 5.78. The fourth-order valence-electron chi connectivity index (χ4n) is 3.23. The van der Waals surface area contributed by atoms with Gasteiger partial charge in [-0.2, -0.15) is 0 Å². The monoisotopic (exact) mass is 195 g/mol. The van der Waals surface area contributed by atoms with E-state index in [1.165, 1.54) is 12.8 Å². The number of Topliss-reactive ketones (excluding diaryl/α,β-unsaturated/α-hetero) is 1. The van der Waals surface area contributed by atoms with Gasteiger partial charge < -0.3 is 5.32 Å². The van der Waals surface area contributed by atoms with Gasteiger partial charge in [-0.1, -0.05) is 13.8 Å². The van der Waals surface area contributed by atoms with Crippen LogP contribution < -0.4 is 5.32 Å². The van der Waals surface area contributed by atoms with Crippen LogP contribution in [-0.2, 0) is 4.79 Å². The summed E-state index contributed by atoms with van der Waals surface area (Å²) in [5, 5.41) is 3.41. The predicted molar refractivity (Wildman–Crippen MR) is 57.2 cm³/mol. The first-order chi connectivity index (χ1) is 6.54. The smallest absolute Gasteiger partial charge is 0.138 e. The maximum atomic E-state index is 11.7. The number of hydrogen-bond donors (Lipinski definition) is 1. The molecule has 1 saturated carbocycles. The summed E-state index contributed by atoms with van der Waals surface area (Å²) in [6.07, 6.45) is 5.60. The normalized spacial score (nSPS) is 30.6. The van der Waals surface area contributed by atoms with Crippen molar-refractivity contribution in [3.8, 4) is 0 Å². The highest BCUT2D eigenvalue weighted by Gasteiger charge is 2.44. The van der Waals surface area contributed by atoms with Gasteiger partial charge in [0.2, 0.25) is 0 Å². The lowest BCUT2D eigenvalue weighted by atomic mass is 9.59. The van der Waals surface area contributed by atoms with E-state index in [2.05, 4.69) is 19.2 Å². The molecule has 80 valence electrons. The minimum Gasteiger partial charge on any atom is -0.317 e. The van der Waals surface area contributed by atoms with Gasteiger partial charge in [-0.3, -0.25) is 4.79 Å². The Labute approximate surface area is 86.5 Å². The highest BCUT2D eigenvalue weighted by molar-refractivity contribution is 5.84. The molecule has 0 aromatic heterocycles. The fourth-order valence-corrected chi connectivity index (χ4v) is 3.23. The van der Waals surface area contributed by atoms with Crippen LogP contribution >= 0.6 is 0 Å². The Balaban J connectivity index is 2.11. The summed E-state index contributed by atoms with van der Waals surface area (Å²) in [6.45, 7) is 6.53. The molecular weight excluding hydrogens is 174 g/mol. The van der Waals surface area contributed by atoms with Gasteiger partial charge in [0.1, 0.15) is 5.78 Å². The standard InChI is InChI=1S/C12H21NO/c1-11(2)9-12(4-3-10(11)14)5-7-13-8-6-12/h13H,3-9H2,1-2H3. The van der Waals surface area contributed by atoms with Crippen LogP contribution in [0.2, 0.25) is 0 Å². The summed E-state index contributed by atoms with van der Waals surface area (Å²) in [4.78, 5) is 11.7. The molecule has 1 N–H and O–H groups in total. The largest absolute Gasteiger partial charge is 0.317 e. The molecule has 1 heterocycles. The first-order valence-electron chi connectivity index (χ1n) is 5.78. The van der Waals surface area contributed by atoms with Crippen molar-refractivity contribution in [2.75, 3.05) is 13.1 Å². The SMILES string of the molecule is CC1(C)CC2(CCNCC2)CCC1=O. The molecule has 1 spiro atoms. The van der Waals surface area contributed by atoms with Crippen molar-refractivity contribution in [1.82, 2.24) is 5.32 Å². The molecule has 0 radical (unpaired) electrons. The maximum absolute atomic E-state index is 11.7. The maximum Gasteiger partial charge on any atom is 0.138 e. The summed E-state index contributed by atoms with van der Waals surface area (Å²) >= 11 is 0. The second kappa shape index (κ2) is 3.34. The van der Waals surface area contributed by atoms with Gasteiger partial charge in [0.25, 0.3) is 0 Å². The second-order valence-electron chi connectivity index (χ2n) is 5.73. The molecule has 0 atom stereocenters. The molecule has 0 unspecified atom stereocenters. The minimum absolute atomic E-state index is 0.0599. The Bertz CT molecular complexity index is 239. The van der Waals surface area contributed by atoms with Crippen molar-refractivity contribution in [2.24, 2.45) is 10.8 Å². The number of hydrogen-bond acceptors (Lipinski definition) is 2. The molecule has 2 aliphatic rings. The van der Waals surface area contributed by atoms with Crippen LogP contribution in [-0.4, -0.2) is 18.9 Å². The third-order valence-corrected chi connectivity index (χ3v) is 4.12. The molecule has 0 aromatic carbocycles. The van der Waals surface area contributed by atoms with Gasteiger partial charge in [-0.05, 0) is 44.2 Å². The van der Waals surface area contributed by atoms with Crippen molar-refractivity contribution in [3.05, 3.63) is 0 Å². The van der Waals surface area contributed by atoms with Gasteiger partial charge in [0.05, 0.1) is 0 Å². The van der Waals surface area contributed by atoms with Crippen molar-refractivity contribution in [2.45, 2.75) is 46.0 Å². The van der Waals surface area contributed by atoms with Crippen LogP contribution in [0.1, 0.15) is 46.0 Å². The number of nitrogens with one attached hydrogen (secondary N) is 1. The lowest BCUT2D eigenvalue weighted by Gasteiger charge is -2.46. The van der Waals surface area contributed by atoms with Crippen LogP contribution in [0, 0.1) is 10.8 Å². The Morgan fingerprint density at radius 1 is 1.14 bits per heavy atom. The Morgan fingerprint density at radius 2 is 1.79 bits per heavy atom. The van der Waals surface area contributed by atoms with E-state index in [0.29, 0.717) is 11.2 Å². The number of piperidine rings is 1. The first kappa shape index (κ1) is 10.2. The number of carbonyl (C=O) groups is 1. The number of ketones is 1. The average Bonchev–Trinajstić information content (AvgIpc) is 2.13. The molecule has 2 rings (SSSR count). The Hall–Kier alpha value is -0.370. The fraction of sp³-hybridized carbons (Fsp3) is 0.917. The number of rotatable bonds is 0. The van der Waals surface area contributed by atoms with Crippen molar-refractivity contribution < 1.29 is 4.79 Å². The zero-order chi connectivity index (χ0) is 10.2. The molecule has 14 heavy (non-hydrogen) atoms. The molecule has 0 aromatic rings. The van der Waals surface area contributed by atoms with Gasteiger partial charge in [0, 0.05) is 11.8 Å². The van der Waals surface area contributed by atoms with E-state index in [-0.39, 0.29) is 5.41 Å². The molecule has 1 aliphatic carbocycles. The highest BCUT2D eigenvalue weighted by Crippen LogP contribution is 2.48. The van der Waals surface area contributed by atoms with E-state index >= 15 is 0 Å². The van der Waals surface area contributed by atoms with Gasteiger partial charge in [-0.25, -0.2) is 0 Å². The molecule has 2 heteroatoms. The third-order valence-electron chi connectivity index (χ3n) is 4.12. The van der Waals surface area contributed by atoms with E-state index in [1.54, 1.807) is 0 Å². The highest BCUT2D eigenvalue weighted by atomic mass is 16.1. The average molecular weight is 195 g/mol. The second-order valence-corrected chi connectivity index (χ2v) is 5.73. The summed E-state index contributed by atoms with van der Waals surface area (Å²) in [5.74, 6) is 0.474. The Morgan fingerprint density at radius 3 is 2.36 bits per heavy atom. The molecule has 2 nitrogen and oxygen atoms in total. The van der Waals surface area contributed by atoms with Gasteiger partial charge in [-0.15, -0.1) is 0 Å². The molecule has 1 saturated heterocycles.